The number of hydrogen-bond acceptors (Lipinski definition) is 4. The number of amides is 2. The number of carbonyl (C=O) groups is 2. The van der Waals surface area contributed by atoms with Gasteiger partial charge in [0.15, 0.2) is 5.69 Å². The van der Waals surface area contributed by atoms with Gasteiger partial charge in [0.2, 0.25) is 0 Å². The number of nitrogens with one attached hydrogen (secondary N) is 2. The van der Waals surface area contributed by atoms with Crippen molar-refractivity contribution in [2.45, 2.75) is 26.4 Å². The average Bonchev–Trinajstić information content (AvgIpc) is 3.31. The summed E-state index contributed by atoms with van der Waals surface area (Å²) in [5.41, 5.74) is 1.79. The van der Waals surface area contributed by atoms with E-state index in [1.165, 1.54) is 11.3 Å². The maximum atomic E-state index is 12.6. The first kappa shape index (κ1) is 17.9. The maximum Gasteiger partial charge on any atom is 0.276 e. The molecule has 1 atom stereocenters. The van der Waals surface area contributed by atoms with Gasteiger partial charge in [0.1, 0.15) is 5.00 Å². The largest absolute Gasteiger partial charge is 0.345 e. The van der Waals surface area contributed by atoms with Gasteiger partial charge in [-0.2, -0.15) is 5.10 Å². The third-order valence-corrected chi connectivity index (χ3v) is 4.81. The number of hydrogen-bond donors (Lipinski definition) is 2. The zero-order valence-corrected chi connectivity index (χ0v) is 15.4. The molecule has 26 heavy (non-hydrogen) atoms. The van der Waals surface area contributed by atoms with Crippen LogP contribution in [0.1, 0.15) is 46.3 Å². The molecular weight excluding hydrogens is 348 g/mol. The highest BCUT2D eigenvalue weighted by Gasteiger charge is 2.19. The van der Waals surface area contributed by atoms with Crippen LogP contribution in [0.3, 0.4) is 0 Å². The Hall–Kier alpha value is -2.93. The molecule has 134 valence electrons. The van der Waals surface area contributed by atoms with E-state index in [0.717, 1.165) is 5.56 Å². The minimum absolute atomic E-state index is 0.132. The minimum Gasteiger partial charge on any atom is -0.345 e. The Labute approximate surface area is 155 Å². The first-order valence-corrected chi connectivity index (χ1v) is 9.24. The first-order chi connectivity index (χ1) is 12.6. The van der Waals surface area contributed by atoms with Crippen LogP contribution in [0.5, 0.6) is 0 Å². The van der Waals surface area contributed by atoms with E-state index in [1.54, 1.807) is 28.4 Å². The Balaban J connectivity index is 1.69. The van der Waals surface area contributed by atoms with Gasteiger partial charge >= 0.3 is 0 Å². The molecule has 2 heterocycles. The second-order valence-electron chi connectivity index (χ2n) is 5.78. The van der Waals surface area contributed by atoms with E-state index in [9.17, 15) is 9.59 Å². The van der Waals surface area contributed by atoms with Gasteiger partial charge in [-0.25, -0.2) is 0 Å². The van der Waals surface area contributed by atoms with Crippen molar-refractivity contribution in [3.8, 4) is 0 Å². The van der Waals surface area contributed by atoms with E-state index in [0.29, 0.717) is 22.8 Å². The van der Waals surface area contributed by atoms with Crippen LogP contribution < -0.4 is 10.6 Å². The van der Waals surface area contributed by atoms with Crippen molar-refractivity contribution in [1.82, 2.24) is 15.1 Å². The van der Waals surface area contributed by atoms with Crippen molar-refractivity contribution in [2.24, 2.45) is 0 Å². The third kappa shape index (κ3) is 4.00. The second-order valence-corrected chi connectivity index (χ2v) is 6.70. The summed E-state index contributed by atoms with van der Waals surface area (Å²) in [5.74, 6) is -0.554. The number of benzene rings is 1. The molecule has 0 fully saturated rings. The molecule has 0 radical (unpaired) electrons. The molecular formula is C19H20N4O2S. The summed E-state index contributed by atoms with van der Waals surface area (Å²) >= 11 is 1.31. The van der Waals surface area contributed by atoms with Gasteiger partial charge in [0.25, 0.3) is 11.8 Å². The fourth-order valence-corrected chi connectivity index (χ4v) is 3.29. The summed E-state index contributed by atoms with van der Waals surface area (Å²) in [4.78, 5) is 25.0. The van der Waals surface area contributed by atoms with Crippen LogP contribution in [0.25, 0.3) is 0 Å². The smallest absolute Gasteiger partial charge is 0.276 e. The van der Waals surface area contributed by atoms with Gasteiger partial charge in [0.05, 0.1) is 11.6 Å². The molecule has 6 nitrogen and oxygen atoms in total. The highest BCUT2D eigenvalue weighted by Crippen LogP contribution is 2.24. The topological polar surface area (TPSA) is 76.0 Å². The van der Waals surface area contributed by atoms with E-state index >= 15 is 0 Å². The van der Waals surface area contributed by atoms with Crippen molar-refractivity contribution >= 4 is 28.2 Å². The minimum atomic E-state index is -0.329. The molecule has 2 amide bonds. The average molecular weight is 368 g/mol. The van der Waals surface area contributed by atoms with Crippen LogP contribution in [-0.4, -0.2) is 21.6 Å². The summed E-state index contributed by atoms with van der Waals surface area (Å²) in [6.07, 6.45) is 1.75. The summed E-state index contributed by atoms with van der Waals surface area (Å²) in [6, 6.07) is 13.0. The van der Waals surface area contributed by atoms with Gasteiger partial charge in [0, 0.05) is 12.7 Å². The lowest BCUT2D eigenvalue weighted by molar-refractivity contribution is 0.0941. The molecule has 3 aromatic rings. The quantitative estimate of drug-likeness (QED) is 0.696. The molecule has 0 saturated carbocycles. The predicted octanol–water partition coefficient (Wildman–Crippen LogP) is 3.71. The van der Waals surface area contributed by atoms with E-state index in [4.69, 9.17) is 0 Å². The summed E-state index contributed by atoms with van der Waals surface area (Å²) in [7, 11) is 0. The molecule has 0 aliphatic heterocycles. The lowest BCUT2D eigenvalue weighted by Gasteiger charge is -2.14. The number of carbonyl (C=O) groups excluding carboxylic acids is 2. The van der Waals surface area contributed by atoms with Gasteiger partial charge < -0.3 is 10.6 Å². The molecule has 0 saturated heterocycles. The Kier molecular flexibility index (Phi) is 5.48. The van der Waals surface area contributed by atoms with Crippen LogP contribution in [0, 0.1) is 0 Å². The molecule has 1 unspecified atom stereocenters. The van der Waals surface area contributed by atoms with Crippen LogP contribution in [0.4, 0.5) is 5.00 Å². The zero-order valence-electron chi connectivity index (χ0n) is 14.6. The van der Waals surface area contributed by atoms with Crippen LogP contribution in [-0.2, 0) is 6.54 Å². The van der Waals surface area contributed by atoms with Crippen LogP contribution >= 0.6 is 11.3 Å². The summed E-state index contributed by atoms with van der Waals surface area (Å²) < 4.78 is 1.68. The van der Waals surface area contributed by atoms with Gasteiger partial charge in [-0.3, -0.25) is 14.3 Å². The number of rotatable bonds is 6. The van der Waals surface area contributed by atoms with Crippen molar-refractivity contribution in [3.63, 3.8) is 0 Å². The van der Waals surface area contributed by atoms with E-state index in [-0.39, 0.29) is 17.9 Å². The molecule has 2 N–H and O–H groups in total. The Morgan fingerprint density at radius 3 is 2.62 bits per heavy atom. The van der Waals surface area contributed by atoms with E-state index in [1.807, 2.05) is 44.2 Å². The predicted molar refractivity (Wildman–Crippen MR) is 102 cm³/mol. The molecule has 0 aliphatic carbocycles. The number of nitrogens with zero attached hydrogens (tertiary/aromatic N) is 2. The Morgan fingerprint density at radius 1 is 1.15 bits per heavy atom. The Morgan fingerprint density at radius 2 is 1.92 bits per heavy atom. The molecule has 0 aliphatic rings. The monoisotopic (exact) mass is 368 g/mol. The van der Waals surface area contributed by atoms with Gasteiger partial charge in [-0.15, -0.1) is 11.3 Å². The van der Waals surface area contributed by atoms with Crippen molar-refractivity contribution in [1.29, 1.82) is 0 Å². The Bertz CT molecular complexity index is 901. The first-order valence-electron chi connectivity index (χ1n) is 8.36. The van der Waals surface area contributed by atoms with E-state index in [2.05, 4.69) is 15.7 Å². The molecule has 1 aromatic carbocycles. The summed E-state index contributed by atoms with van der Waals surface area (Å²) in [5, 5.41) is 12.2. The molecule has 3 rings (SSSR count). The zero-order chi connectivity index (χ0) is 18.5. The molecule has 7 heteroatoms. The number of anilines is 1. The lowest BCUT2D eigenvalue weighted by atomic mass is 10.1. The third-order valence-electron chi connectivity index (χ3n) is 3.98. The molecule has 2 aromatic heterocycles. The summed E-state index contributed by atoms with van der Waals surface area (Å²) in [6.45, 7) is 4.57. The van der Waals surface area contributed by atoms with E-state index < -0.39 is 0 Å². The van der Waals surface area contributed by atoms with Crippen molar-refractivity contribution in [3.05, 3.63) is 70.9 Å². The normalized spacial score (nSPS) is 11.8. The highest BCUT2D eigenvalue weighted by molar-refractivity contribution is 7.14. The lowest BCUT2D eigenvalue weighted by Crippen LogP contribution is -2.27. The van der Waals surface area contributed by atoms with Gasteiger partial charge in [-0.1, -0.05) is 30.3 Å². The number of thiophene rings is 1. The molecule has 0 spiro atoms. The molecule has 0 bridgehead atoms. The fraction of sp³-hybridized carbons (Fsp3) is 0.211. The highest BCUT2D eigenvalue weighted by atomic mass is 32.1. The van der Waals surface area contributed by atoms with Crippen LogP contribution in [0.15, 0.2) is 54.0 Å². The number of aromatic nitrogens is 2. The standard InChI is InChI=1S/C19H20N4O2S/c1-3-23-11-9-16(22-23)18(25)21-19-15(10-12-26-19)17(24)20-13(2)14-7-5-4-6-8-14/h4-13H,3H2,1-2H3,(H,20,24)(H,21,25). The van der Waals surface area contributed by atoms with Gasteiger partial charge in [-0.05, 0) is 36.9 Å². The van der Waals surface area contributed by atoms with Crippen molar-refractivity contribution < 1.29 is 9.59 Å². The van der Waals surface area contributed by atoms with Crippen LogP contribution in [0.2, 0.25) is 0 Å². The maximum absolute atomic E-state index is 12.6. The van der Waals surface area contributed by atoms with Crippen molar-refractivity contribution in [2.75, 3.05) is 5.32 Å². The fourth-order valence-electron chi connectivity index (χ4n) is 2.51. The second kappa shape index (κ2) is 7.97. The SMILES string of the molecule is CCn1ccc(C(=O)Nc2sccc2C(=O)NC(C)c2ccccc2)n1. The number of aryl methyl sites for hydroxylation is 1.